The number of ketones is 1. The number of carbonyl (C=O) groups excluding carboxylic acids is 2. The van der Waals surface area contributed by atoms with Gasteiger partial charge in [-0.25, -0.2) is 4.79 Å². The standard InChI is InChI=1S/C27H30O4/c1-18-5-4-6-19(9-18)16-30-24-8-3-2-7-23(24)26(29)31-17-25(28)27-13-20-10-21(14-27)12-22(11-20)15-27/h2-9,20-22H,10-17H2,1H3. The molecular formula is C27H30O4. The average molecular weight is 419 g/mol. The highest BCUT2D eigenvalue weighted by Gasteiger charge is 2.54. The van der Waals surface area contributed by atoms with Crippen LogP contribution in [0.25, 0.3) is 0 Å². The maximum atomic E-state index is 13.2. The highest BCUT2D eigenvalue weighted by Crippen LogP contribution is 2.60. The largest absolute Gasteiger partial charge is 0.488 e. The molecule has 0 N–H and O–H groups in total. The van der Waals surface area contributed by atoms with Gasteiger partial charge in [0.25, 0.3) is 0 Å². The van der Waals surface area contributed by atoms with E-state index in [0.717, 1.165) is 30.4 Å². The van der Waals surface area contributed by atoms with Crippen molar-refractivity contribution in [3.63, 3.8) is 0 Å². The van der Waals surface area contributed by atoms with Crippen molar-refractivity contribution >= 4 is 11.8 Å². The Labute approximate surface area is 183 Å². The molecule has 2 aromatic carbocycles. The molecule has 0 amide bonds. The number of hydrogen-bond donors (Lipinski definition) is 0. The third kappa shape index (κ3) is 4.13. The van der Waals surface area contributed by atoms with Crippen LogP contribution in [0.3, 0.4) is 0 Å². The first kappa shape index (κ1) is 20.3. The first-order chi connectivity index (χ1) is 15.0. The van der Waals surface area contributed by atoms with Crippen LogP contribution in [0.5, 0.6) is 5.75 Å². The van der Waals surface area contributed by atoms with Crippen LogP contribution in [0.2, 0.25) is 0 Å². The molecule has 0 saturated heterocycles. The lowest BCUT2D eigenvalue weighted by molar-refractivity contribution is -0.147. The third-order valence-corrected chi connectivity index (χ3v) is 7.55. The molecule has 0 spiro atoms. The van der Waals surface area contributed by atoms with Crippen LogP contribution in [0, 0.1) is 30.1 Å². The number of benzene rings is 2. The average Bonchev–Trinajstić information content (AvgIpc) is 2.75. The van der Waals surface area contributed by atoms with E-state index in [1.165, 1.54) is 19.3 Å². The second-order valence-corrected chi connectivity index (χ2v) is 9.97. The van der Waals surface area contributed by atoms with Crippen molar-refractivity contribution in [1.29, 1.82) is 0 Å². The fourth-order valence-corrected chi connectivity index (χ4v) is 6.54. The second-order valence-electron chi connectivity index (χ2n) is 9.97. The summed E-state index contributed by atoms with van der Waals surface area (Å²) in [6.45, 7) is 2.28. The van der Waals surface area contributed by atoms with Crippen LogP contribution in [0.15, 0.2) is 48.5 Å². The van der Waals surface area contributed by atoms with Gasteiger partial charge >= 0.3 is 5.97 Å². The van der Waals surface area contributed by atoms with Crippen LogP contribution in [-0.2, 0) is 16.1 Å². The summed E-state index contributed by atoms with van der Waals surface area (Å²) in [6, 6.07) is 15.2. The molecule has 4 aliphatic rings. The molecule has 6 rings (SSSR count). The molecule has 4 aliphatic carbocycles. The molecule has 4 bridgehead atoms. The van der Waals surface area contributed by atoms with Crippen molar-refractivity contribution in [1.82, 2.24) is 0 Å². The predicted octanol–water partition coefficient (Wildman–Crippen LogP) is 5.52. The summed E-state index contributed by atoms with van der Waals surface area (Å²) in [7, 11) is 0. The molecule has 0 aliphatic heterocycles. The van der Waals surface area contributed by atoms with E-state index < -0.39 is 5.97 Å². The minimum absolute atomic E-state index is 0.123. The summed E-state index contributed by atoms with van der Waals surface area (Å²) in [5.74, 6) is 2.21. The normalized spacial score (nSPS) is 28.4. The van der Waals surface area contributed by atoms with E-state index in [-0.39, 0.29) is 17.8 Å². The van der Waals surface area contributed by atoms with Gasteiger partial charge in [0.1, 0.15) is 17.9 Å². The van der Waals surface area contributed by atoms with Gasteiger partial charge in [0.2, 0.25) is 0 Å². The molecular weight excluding hydrogens is 388 g/mol. The summed E-state index contributed by atoms with van der Waals surface area (Å²) in [6.07, 6.45) is 6.84. The van der Waals surface area contributed by atoms with Crippen LogP contribution < -0.4 is 4.74 Å². The molecule has 0 aromatic heterocycles. The molecule has 0 heterocycles. The van der Waals surface area contributed by atoms with Crippen molar-refractivity contribution in [2.75, 3.05) is 6.61 Å². The van der Waals surface area contributed by atoms with Gasteiger partial charge in [0.15, 0.2) is 12.4 Å². The predicted molar refractivity (Wildman–Crippen MR) is 118 cm³/mol. The molecule has 31 heavy (non-hydrogen) atoms. The summed E-state index contributed by atoms with van der Waals surface area (Å²) in [4.78, 5) is 26.0. The fourth-order valence-electron chi connectivity index (χ4n) is 6.54. The van der Waals surface area contributed by atoms with E-state index >= 15 is 0 Å². The Balaban J connectivity index is 1.22. The molecule has 2 aromatic rings. The summed E-state index contributed by atoms with van der Waals surface area (Å²) < 4.78 is 11.4. The van der Waals surface area contributed by atoms with Gasteiger partial charge < -0.3 is 9.47 Å². The van der Waals surface area contributed by atoms with Crippen LogP contribution in [-0.4, -0.2) is 18.4 Å². The lowest BCUT2D eigenvalue weighted by atomic mass is 9.48. The molecule has 4 fully saturated rings. The van der Waals surface area contributed by atoms with Crippen molar-refractivity contribution in [3.05, 3.63) is 65.2 Å². The molecule has 0 unspecified atom stereocenters. The SMILES string of the molecule is Cc1cccc(COc2ccccc2C(=O)OCC(=O)C23CC4CC(CC(C4)C2)C3)c1. The van der Waals surface area contributed by atoms with E-state index in [1.54, 1.807) is 18.2 Å². The van der Waals surface area contributed by atoms with Gasteiger partial charge in [0.05, 0.1) is 0 Å². The Bertz CT molecular complexity index is 957. The van der Waals surface area contributed by atoms with E-state index in [0.29, 0.717) is 35.7 Å². The zero-order valence-corrected chi connectivity index (χ0v) is 18.1. The maximum absolute atomic E-state index is 13.2. The molecule has 162 valence electrons. The van der Waals surface area contributed by atoms with Gasteiger partial charge in [0, 0.05) is 5.41 Å². The summed E-state index contributed by atoms with van der Waals surface area (Å²) >= 11 is 0. The van der Waals surface area contributed by atoms with Crippen molar-refractivity contribution in [2.45, 2.75) is 52.1 Å². The van der Waals surface area contributed by atoms with Crippen molar-refractivity contribution in [2.24, 2.45) is 23.2 Å². The number of esters is 1. The molecule has 0 radical (unpaired) electrons. The third-order valence-electron chi connectivity index (χ3n) is 7.55. The number of rotatable bonds is 7. The Morgan fingerprint density at radius 3 is 2.29 bits per heavy atom. The van der Waals surface area contributed by atoms with Crippen LogP contribution >= 0.6 is 0 Å². The Hall–Kier alpha value is -2.62. The van der Waals surface area contributed by atoms with E-state index in [2.05, 4.69) is 6.07 Å². The number of aryl methyl sites for hydroxylation is 1. The number of carbonyl (C=O) groups is 2. The number of hydrogen-bond acceptors (Lipinski definition) is 4. The molecule has 4 saturated carbocycles. The monoisotopic (exact) mass is 418 g/mol. The summed E-state index contributed by atoms with van der Waals surface area (Å²) in [5.41, 5.74) is 2.33. The van der Waals surface area contributed by atoms with E-state index in [9.17, 15) is 9.59 Å². The zero-order chi connectivity index (χ0) is 21.4. The molecule has 4 heteroatoms. The Morgan fingerprint density at radius 2 is 1.61 bits per heavy atom. The minimum atomic E-state index is -0.488. The second kappa shape index (κ2) is 8.14. The number of ether oxygens (including phenoxy) is 2. The van der Waals surface area contributed by atoms with Gasteiger partial charge in [-0.2, -0.15) is 0 Å². The fraction of sp³-hybridized carbons (Fsp3) is 0.481. The lowest BCUT2D eigenvalue weighted by Crippen LogP contribution is -2.51. The van der Waals surface area contributed by atoms with E-state index in [1.807, 2.05) is 31.2 Å². The highest BCUT2D eigenvalue weighted by molar-refractivity contribution is 5.95. The van der Waals surface area contributed by atoms with Crippen molar-refractivity contribution < 1.29 is 19.1 Å². The zero-order valence-electron chi connectivity index (χ0n) is 18.1. The van der Waals surface area contributed by atoms with E-state index in [4.69, 9.17) is 9.47 Å². The first-order valence-corrected chi connectivity index (χ1v) is 11.5. The smallest absolute Gasteiger partial charge is 0.342 e. The van der Waals surface area contributed by atoms with Gasteiger partial charge in [-0.3, -0.25) is 4.79 Å². The topological polar surface area (TPSA) is 52.6 Å². The highest BCUT2D eigenvalue weighted by atomic mass is 16.5. The Kier molecular flexibility index (Phi) is 5.33. The van der Waals surface area contributed by atoms with Crippen LogP contribution in [0.1, 0.15) is 60.0 Å². The first-order valence-electron chi connectivity index (χ1n) is 11.5. The minimum Gasteiger partial charge on any atom is -0.488 e. The molecule has 4 nitrogen and oxygen atoms in total. The Morgan fingerprint density at radius 1 is 0.935 bits per heavy atom. The quantitative estimate of drug-likeness (QED) is 0.556. The number of Topliss-reactive ketones (excluding diaryl/α,β-unsaturated/α-hetero) is 1. The molecule has 0 atom stereocenters. The van der Waals surface area contributed by atoms with Gasteiger partial charge in [-0.1, -0.05) is 42.0 Å². The number of para-hydroxylation sites is 1. The van der Waals surface area contributed by atoms with Gasteiger partial charge in [-0.05, 0) is 80.9 Å². The van der Waals surface area contributed by atoms with Gasteiger partial charge in [-0.15, -0.1) is 0 Å². The van der Waals surface area contributed by atoms with Crippen LogP contribution in [0.4, 0.5) is 0 Å². The lowest BCUT2D eigenvalue weighted by Gasteiger charge is -2.55. The maximum Gasteiger partial charge on any atom is 0.342 e. The summed E-state index contributed by atoms with van der Waals surface area (Å²) in [5, 5.41) is 0. The van der Waals surface area contributed by atoms with Crippen molar-refractivity contribution in [3.8, 4) is 5.75 Å².